The number of hydrogen-bond acceptors (Lipinski definition) is 7. The molecular weight excluding hydrogens is 444 g/mol. The smallest absolute Gasteiger partial charge is 0.272 e. The van der Waals surface area contributed by atoms with Crippen molar-refractivity contribution in [3.63, 3.8) is 0 Å². The fraction of sp³-hybridized carbons (Fsp3) is 0.261. The zero-order valence-electron chi connectivity index (χ0n) is 18.1. The minimum atomic E-state index is -0.783. The number of nitrogens with zero attached hydrogens (tertiary/aromatic N) is 4. The van der Waals surface area contributed by atoms with E-state index in [0.29, 0.717) is 6.42 Å². The van der Waals surface area contributed by atoms with Crippen LogP contribution in [0.1, 0.15) is 29.3 Å². The molecule has 0 aromatic heterocycles. The molecule has 0 saturated carbocycles. The number of non-ortho nitro benzene ring substituents is 1. The molecule has 2 aromatic rings. The maximum atomic E-state index is 13.5. The Balaban J connectivity index is 1.76. The van der Waals surface area contributed by atoms with E-state index in [9.17, 15) is 34.6 Å². The molecule has 0 radical (unpaired) electrons. The first-order valence-electron chi connectivity index (χ1n) is 10.5. The second-order valence-corrected chi connectivity index (χ2v) is 8.20. The average Bonchev–Trinajstić information content (AvgIpc) is 3.08. The summed E-state index contributed by atoms with van der Waals surface area (Å²) in [5.74, 6) is -3.39. The van der Waals surface area contributed by atoms with Gasteiger partial charge in [0.15, 0.2) is 0 Å². The number of amides is 3. The van der Waals surface area contributed by atoms with Gasteiger partial charge in [-0.2, -0.15) is 5.01 Å². The summed E-state index contributed by atoms with van der Waals surface area (Å²) in [5.41, 5.74) is -0.383. The quantitative estimate of drug-likeness (QED) is 0.276. The van der Waals surface area contributed by atoms with Gasteiger partial charge in [0.2, 0.25) is 0 Å². The summed E-state index contributed by atoms with van der Waals surface area (Å²) in [7, 11) is 0. The molecule has 3 atom stereocenters. The Bertz CT molecular complexity index is 1220. The van der Waals surface area contributed by atoms with Crippen LogP contribution in [0.25, 0.3) is 0 Å². The highest BCUT2D eigenvalue weighted by molar-refractivity contribution is 6.08. The molecule has 11 heteroatoms. The Kier molecular flexibility index (Phi) is 5.93. The van der Waals surface area contributed by atoms with Gasteiger partial charge in [-0.1, -0.05) is 37.3 Å². The van der Waals surface area contributed by atoms with Crippen LogP contribution in [0, 0.1) is 38.0 Å². The van der Waals surface area contributed by atoms with Gasteiger partial charge in [0, 0.05) is 23.8 Å². The lowest BCUT2D eigenvalue weighted by Crippen LogP contribution is -2.50. The Morgan fingerprint density at radius 1 is 1.03 bits per heavy atom. The van der Waals surface area contributed by atoms with E-state index in [0.717, 1.165) is 22.2 Å². The van der Waals surface area contributed by atoms with E-state index in [1.807, 2.05) is 19.1 Å². The maximum Gasteiger partial charge on any atom is 0.274 e. The number of carbonyl (C=O) groups excluding carboxylic acids is 3. The standard InChI is InChI=1S/C23H20N4O7/c1-14-5-4-7-18-20(14)23(30)25(22(18)29)24(13-16-6-2-3-8-19(16)27(33)34)21(28)15-9-11-17(12-10-15)26(31)32/h2-6,8-12,14,18,20H,7,13H2,1H3/t14-,18-,20-/m1/s1. The largest absolute Gasteiger partial charge is 0.274 e. The minimum absolute atomic E-state index is 0.00849. The molecule has 0 bridgehead atoms. The number of carbonyl (C=O) groups is 3. The lowest BCUT2D eigenvalue weighted by atomic mass is 9.78. The summed E-state index contributed by atoms with van der Waals surface area (Å²) < 4.78 is 0. The topological polar surface area (TPSA) is 144 Å². The molecule has 2 aliphatic rings. The second-order valence-electron chi connectivity index (χ2n) is 8.20. The zero-order chi connectivity index (χ0) is 24.6. The second kappa shape index (κ2) is 8.85. The van der Waals surface area contributed by atoms with Crippen molar-refractivity contribution in [1.29, 1.82) is 0 Å². The van der Waals surface area contributed by atoms with Gasteiger partial charge in [0.1, 0.15) is 0 Å². The van der Waals surface area contributed by atoms with Crippen molar-refractivity contribution in [2.24, 2.45) is 17.8 Å². The Morgan fingerprint density at radius 2 is 1.71 bits per heavy atom. The highest BCUT2D eigenvalue weighted by Gasteiger charge is 2.53. The van der Waals surface area contributed by atoms with E-state index < -0.39 is 45.9 Å². The number of para-hydroxylation sites is 1. The number of nitro benzene ring substituents is 2. The van der Waals surface area contributed by atoms with Crippen LogP contribution in [-0.2, 0) is 16.1 Å². The van der Waals surface area contributed by atoms with Gasteiger partial charge in [-0.05, 0) is 24.5 Å². The molecule has 1 heterocycles. The number of benzene rings is 2. The third-order valence-corrected chi connectivity index (χ3v) is 6.16. The molecule has 0 spiro atoms. The van der Waals surface area contributed by atoms with Crippen LogP contribution in [0.15, 0.2) is 60.7 Å². The Morgan fingerprint density at radius 3 is 2.32 bits per heavy atom. The van der Waals surface area contributed by atoms with E-state index in [4.69, 9.17) is 0 Å². The predicted octanol–water partition coefficient (Wildman–Crippen LogP) is 3.26. The van der Waals surface area contributed by atoms with Gasteiger partial charge in [-0.25, -0.2) is 5.01 Å². The number of rotatable bonds is 6. The summed E-state index contributed by atoms with van der Waals surface area (Å²) in [6, 6.07) is 10.4. The van der Waals surface area contributed by atoms with E-state index in [-0.39, 0.29) is 28.4 Å². The lowest BCUT2D eigenvalue weighted by molar-refractivity contribution is -0.385. The maximum absolute atomic E-state index is 13.5. The highest BCUT2D eigenvalue weighted by Crippen LogP contribution is 2.40. The van der Waals surface area contributed by atoms with E-state index in [1.165, 1.54) is 30.3 Å². The zero-order valence-corrected chi connectivity index (χ0v) is 18.1. The molecule has 34 heavy (non-hydrogen) atoms. The van der Waals surface area contributed by atoms with Crippen LogP contribution in [-0.4, -0.2) is 37.6 Å². The Hall–Kier alpha value is -4.41. The van der Waals surface area contributed by atoms with E-state index in [1.54, 1.807) is 6.07 Å². The predicted molar refractivity (Wildman–Crippen MR) is 118 cm³/mol. The monoisotopic (exact) mass is 464 g/mol. The number of imide groups is 1. The van der Waals surface area contributed by atoms with Crippen LogP contribution in [0.2, 0.25) is 0 Å². The number of allylic oxidation sites excluding steroid dienone is 2. The van der Waals surface area contributed by atoms with Gasteiger partial charge < -0.3 is 0 Å². The van der Waals surface area contributed by atoms with Crippen LogP contribution < -0.4 is 0 Å². The summed E-state index contributed by atoms with van der Waals surface area (Å²) in [6.07, 6.45) is 4.02. The van der Waals surface area contributed by atoms with Crippen LogP contribution >= 0.6 is 0 Å². The number of nitro groups is 2. The van der Waals surface area contributed by atoms with Crippen molar-refractivity contribution in [3.8, 4) is 0 Å². The first-order chi connectivity index (χ1) is 16.2. The number of fused-ring (bicyclic) bond motifs is 1. The van der Waals surface area contributed by atoms with Crippen LogP contribution in [0.4, 0.5) is 11.4 Å². The van der Waals surface area contributed by atoms with Crippen molar-refractivity contribution in [3.05, 3.63) is 92.0 Å². The van der Waals surface area contributed by atoms with Gasteiger partial charge in [-0.15, -0.1) is 0 Å². The van der Waals surface area contributed by atoms with Crippen molar-refractivity contribution in [2.45, 2.75) is 19.9 Å². The molecule has 174 valence electrons. The molecule has 3 amide bonds. The molecule has 1 saturated heterocycles. The van der Waals surface area contributed by atoms with Crippen molar-refractivity contribution >= 4 is 29.1 Å². The normalized spacial score (nSPS) is 21.3. The molecule has 11 nitrogen and oxygen atoms in total. The molecule has 1 fully saturated rings. The van der Waals surface area contributed by atoms with E-state index >= 15 is 0 Å². The first-order valence-corrected chi connectivity index (χ1v) is 10.5. The number of hydrazine groups is 1. The van der Waals surface area contributed by atoms with Crippen molar-refractivity contribution < 1.29 is 24.2 Å². The van der Waals surface area contributed by atoms with E-state index in [2.05, 4.69) is 0 Å². The van der Waals surface area contributed by atoms with Gasteiger partial charge in [-0.3, -0.25) is 34.6 Å². The molecule has 0 N–H and O–H groups in total. The van der Waals surface area contributed by atoms with Gasteiger partial charge >= 0.3 is 0 Å². The average molecular weight is 464 g/mol. The van der Waals surface area contributed by atoms with Crippen molar-refractivity contribution in [2.75, 3.05) is 0 Å². The summed E-state index contributed by atoms with van der Waals surface area (Å²) >= 11 is 0. The molecule has 0 unspecified atom stereocenters. The van der Waals surface area contributed by atoms with Gasteiger partial charge in [0.05, 0.1) is 33.8 Å². The van der Waals surface area contributed by atoms with Crippen LogP contribution in [0.5, 0.6) is 0 Å². The molecular formula is C23H20N4O7. The molecule has 1 aliphatic heterocycles. The summed E-state index contributed by atoms with van der Waals surface area (Å²) in [5, 5.41) is 24.2. The highest BCUT2D eigenvalue weighted by atomic mass is 16.6. The minimum Gasteiger partial charge on any atom is -0.272 e. The third kappa shape index (κ3) is 3.91. The SMILES string of the molecule is C[C@@H]1C=CC[C@H]2C(=O)N(N(Cc3ccccc3[N+](=O)[O-])C(=O)c3ccc([N+](=O)[O-])cc3)C(=O)[C@H]12. The molecule has 2 aromatic carbocycles. The molecule has 4 rings (SSSR count). The first kappa shape index (κ1) is 22.8. The Labute approximate surface area is 193 Å². The lowest BCUT2D eigenvalue weighted by Gasteiger charge is -2.30. The van der Waals surface area contributed by atoms with Crippen LogP contribution in [0.3, 0.4) is 0 Å². The fourth-order valence-electron chi connectivity index (χ4n) is 4.46. The van der Waals surface area contributed by atoms with Gasteiger partial charge in [0.25, 0.3) is 29.1 Å². The summed E-state index contributed by atoms with van der Waals surface area (Å²) in [4.78, 5) is 61.4. The van der Waals surface area contributed by atoms with Crippen molar-refractivity contribution in [1.82, 2.24) is 10.0 Å². The molecule has 1 aliphatic carbocycles. The summed E-state index contributed by atoms with van der Waals surface area (Å²) in [6.45, 7) is 1.40. The fourth-order valence-corrected chi connectivity index (χ4v) is 4.46. The third-order valence-electron chi connectivity index (χ3n) is 6.16. The number of hydrogen-bond donors (Lipinski definition) is 0.